The van der Waals surface area contributed by atoms with Crippen LogP contribution in [0.4, 0.5) is 11.4 Å². The Morgan fingerprint density at radius 3 is 2.48 bits per heavy atom. The van der Waals surface area contributed by atoms with Crippen molar-refractivity contribution in [3.05, 3.63) is 53.6 Å². The first kappa shape index (κ1) is 15.2. The fourth-order valence-corrected chi connectivity index (χ4v) is 1.97. The van der Waals surface area contributed by atoms with E-state index in [1.54, 1.807) is 38.3 Å². The molecule has 5 heteroatoms. The number of carbonyl (C=O) groups excluding carboxylic acids is 1. The number of hydrogen-bond acceptors (Lipinski definition) is 3. The minimum absolute atomic E-state index is 0.136. The van der Waals surface area contributed by atoms with Gasteiger partial charge in [0.15, 0.2) is 0 Å². The molecule has 1 atom stereocenters. The average Bonchev–Trinajstić information content (AvgIpc) is 2.50. The SMILES string of the molecule is COc1ccccc1N[C@H](C)C(=O)Nc1ccc(Cl)cc1. The minimum atomic E-state index is -0.406. The van der Waals surface area contributed by atoms with Crippen LogP contribution in [-0.2, 0) is 4.79 Å². The van der Waals surface area contributed by atoms with Gasteiger partial charge in [0, 0.05) is 10.7 Å². The van der Waals surface area contributed by atoms with Crippen LogP contribution in [0.1, 0.15) is 6.92 Å². The van der Waals surface area contributed by atoms with Gasteiger partial charge in [0.25, 0.3) is 0 Å². The van der Waals surface area contributed by atoms with Crippen molar-refractivity contribution in [1.82, 2.24) is 0 Å². The van der Waals surface area contributed by atoms with Crippen molar-refractivity contribution in [3.63, 3.8) is 0 Å². The highest BCUT2D eigenvalue weighted by Crippen LogP contribution is 2.24. The minimum Gasteiger partial charge on any atom is -0.495 e. The Kier molecular flexibility index (Phi) is 5.06. The molecule has 1 amide bonds. The van der Waals surface area contributed by atoms with Gasteiger partial charge >= 0.3 is 0 Å². The van der Waals surface area contributed by atoms with Crippen LogP contribution in [0.15, 0.2) is 48.5 Å². The number of para-hydroxylation sites is 2. The smallest absolute Gasteiger partial charge is 0.246 e. The summed E-state index contributed by atoms with van der Waals surface area (Å²) in [7, 11) is 1.60. The number of hydrogen-bond donors (Lipinski definition) is 2. The van der Waals surface area contributed by atoms with E-state index in [1.165, 1.54) is 0 Å². The van der Waals surface area contributed by atoms with Crippen molar-refractivity contribution in [2.75, 3.05) is 17.7 Å². The van der Waals surface area contributed by atoms with Gasteiger partial charge < -0.3 is 15.4 Å². The van der Waals surface area contributed by atoms with Gasteiger partial charge in [0.05, 0.1) is 12.8 Å². The summed E-state index contributed by atoms with van der Waals surface area (Å²) < 4.78 is 5.25. The molecular formula is C16H17ClN2O2. The third-order valence-electron chi connectivity index (χ3n) is 2.98. The zero-order valence-electron chi connectivity index (χ0n) is 11.9. The fourth-order valence-electron chi connectivity index (χ4n) is 1.85. The van der Waals surface area contributed by atoms with E-state index in [2.05, 4.69) is 10.6 Å². The highest BCUT2D eigenvalue weighted by Gasteiger charge is 2.14. The fraction of sp³-hybridized carbons (Fsp3) is 0.188. The first-order valence-corrected chi connectivity index (χ1v) is 6.94. The molecule has 110 valence electrons. The summed E-state index contributed by atoms with van der Waals surface area (Å²) in [6.07, 6.45) is 0. The molecule has 0 aliphatic rings. The second-order valence-corrected chi connectivity index (χ2v) is 5.00. The standard InChI is InChI=1S/C16H17ClN2O2/c1-11(18-14-5-3-4-6-15(14)21-2)16(20)19-13-9-7-12(17)8-10-13/h3-11,18H,1-2H3,(H,19,20)/t11-/m1/s1. The summed E-state index contributed by atoms with van der Waals surface area (Å²) in [5, 5.41) is 6.59. The lowest BCUT2D eigenvalue weighted by atomic mass is 10.2. The van der Waals surface area contributed by atoms with Crippen molar-refractivity contribution < 1.29 is 9.53 Å². The Morgan fingerprint density at radius 2 is 1.81 bits per heavy atom. The number of benzene rings is 2. The molecule has 0 fully saturated rings. The molecule has 0 spiro atoms. The van der Waals surface area contributed by atoms with Gasteiger partial charge in [-0.1, -0.05) is 23.7 Å². The van der Waals surface area contributed by atoms with Crippen LogP contribution in [0.5, 0.6) is 5.75 Å². The molecule has 4 nitrogen and oxygen atoms in total. The summed E-state index contributed by atoms with van der Waals surface area (Å²) in [6.45, 7) is 1.79. The van der Waals surface area contributed by atoms with Crippen molar-refractivity contribution in [2.45, 2.75) is 13.0 Å². The molecule has 0 aromatic heterocycles. The topological polar surface area (TPSA) is 50.4 Å². The molecule has 0 unspecified atom stereocenters. The normalized spacial score (nSPS) is 11.6. The number of halogens is 1. The van der Waals surface area contributed by atoms with E-state index in [0.29, 0.717) is 16.5 Å². The first-order chi connectivity index (χ1) is 10.1. The van der Waals surface area contributed by atoms with Crippen LogP contribution < -0.4 is 15.4 Å². The van der Waals surface area contributed by atoms with Gasteiger partial charge in [-0.15, -0.1) is 0 Å². The molecular weight excluding hydrogens is 288 g/mol. The molecule has 0 saturated carbocycles. The lowest BCUT2D eigenvalue weighted by Crippen LogP contribution is -2.31. The van der Waals surface area contributed by atoms with E-state index in [9.17, 15) is 4.79 Å². The maximum absolute atomic E-state index is 12.2. The lowest BCUT2D eigenvalue weighted by molar-refractivity contribution is -0.116. The molecule has 2 aromatic carbocycles. The number of rotatable bonds is 5. The largest absolute Gasteiger partial charge is 0.495 e. The van der Waals surface area contributed by atoms with Crippen LogP contribution in [0.3, 0.4) is 0 Å². The van der Waals surface area contributed by atoms with Crippen LogP contribution in [0, 0.1) is 0 Å². The summed E-state index contributed by atoms with van der Waals surface area (Å²) >= 11 is 5.81. The summed E-state index contributed by atoms with van der Waals surface area (Å²) in [6, 6.07) is 14.0. The van der Waals surface area contributed by atoms with E-state index in [4.69, 9.17) is 16.3 Å². The van der Waals surface area contributed by atoms with Crippen LogP contribution in [0.2, 0.25) is 5.02 Å². The summed E-state index contributed by atoms with van der Waals surface area (Å²) in [5.41, 5.74) is 1.48. The highest BCUT2D eigenvalue weighted by atomic mass is 35.5. The molecule has 2 rings (SSSR count). The molecule has 2 aromatic rings. The van der Waals surface area contributed by atoms with E-state index in [0.717, 1.165) is 5.69 Å². The second kappa shape index (κ2) is 6.99. The van der Waals surface area contributed by atoms with Gasteiger partial charge in [0.2, 0.25) is 5.91 Å². The number of anilines is 2. The van der Waals surface area contributed by atoms with Gasteiger partial charge in [-0.05, 0) is 43.3 Å². The highest BCUT2D eigenvalue weighted by molar-refractivity contribution is 6.30. The van der Waals surface area contributed by atoms with Gasteiger partial charge in [-0.2, -0.15) is 0 Å². The zero-order chi connectivity index (χ0) is 15.2. The van der Waals surface area contributed by atoms with E-state index in [-0.39, 0.29) is 5.91 Å². The average molecular weight is 305 g/mol. The van der Waals surface area contributed by atoms with Gasteiger partial charge in [-0.25, -0.2) is 0 Å². The predicted octanol–water partition coefficient (Wildman–Crippen LogP) is 3.79. The molecule has 0 aliphatic carbocycles. The van der Waals surface area contributed by atoms with Crippen LogP contribution >= 0.6 is 11.6 Å². The van der Waals surface area contributed by atoms with E-state index < -0.39 is 6.04 Å². The summed E-state index contributed by atoms with van der Waals surface area (Å²) in [4.78, 5) is 12.2. The Balaban J connectivity index is 2.01. The van der Waals surface area contributed by atoms with Crippen molar-refractivity contribution in [1.29, 1.82) is 0 Å². The van der Waals surface area contributed by atoms with Gasteiger partial charge in [0.1, 0.15) is 11.8 Å². The Hall–Kier alpha value is -2.20. The van der Waals surface area contributed by atoms with Gasteiger partial charge in [-0.3, -0.25) is 4.79 Å². The van der Waals surface area contributed by atoms with Crippen molar-refractivity contribution >= 4 is 28.9 Å². The van der Waals surface area contributed by atoms with Crippen molar-refractivity contribution in [2.24, 2.45) is 0 Å². The Morgan fingerprint density at radius 1 is 1.14 bits per heavy atom. The maximum Gasteiger partial charge on any atom is 0.246 e. The first-order valence-electron chi connectivity index (χ1n) is 6.56. The monoisotopic (exact) mass is 304 g/mol. The van der Waals surface area contributed by atoms with E-state index >= 15 is 0 Å². The zero-order valence-corrected chi connectivity index (χ0v) is 12.6. The second-order valence-electron chi connectivity index (χ2n) is 4.56. The number of methoxy groups -OCH3 is 1. The third kappa shape index (κ3) is 4.13. The quantitative estimate of drug-likeness (QED) is 0.883. The van der Waals surface area contributed by atoms with Crippen LogP contribution in [0.25, 0.3) is 0 Å². The molecule has 0 radical (unpaired) electrons. The maximum atomic E-state index is 12.2. The predicted molar refractivity (Wildman–Crippen MR) is 86.2 cm³/mol. The Labute approximate surface area is 129 Å². The molecule has 0 saturated heterocycles. The number of carbonyl (C=O) groups is 1. The molecule has 2 N–H and O–H groups in total. The molecule has 0 heterocycles. The van der Waals surface area contributed by atoms with Crippen LogP contribution in [-0.4, -0.2) is 19.1 Å². The summed E-state index contributed by atoms with van der Waals surface area (Å²) in [5.74, 6) is 0.562. The lowest BCUT2D eigenvalue weighted by Gasteiger charge is -2.17. The number of nitrogens with one attached hydrogen (secondary N) is 2. The molecule has 0 bridgehead atoms. The van der Waals surface area contributed by atoms with Crippen molar-refractivity contribution in [3.8, 4) is 5.75 Å². The Bertz CT molecular complexity index is 614. The number of ether oxygens (including phenoxy) is 1. The third-order valence-corrected chi connectivity index (χ3v) is 3.24. The van der Waals surface area contributed by atoms with E-state index in [1.807, 2.05) is 24.3 Å². The molecule has 0 aliphatic heterocycles. The molecule has 21 heavy (non-hydrogen) atoms. The number of amides is 1.